The van der Waals surface area contributed by atoms with Crippen LogP contribution >= 0.6 is 23.2 Å². The lowest BCUT2D eigenvalue weighted by molar-refractivity contribution is -0.123. The molecule has 0 radical (unpaired) electrons. The van der Waals surface area contributed by atoms with Crippen LogP contribution in [0.3, 0.4) is 0 Å². The van der Waals surface area contributed by atoms with Gasteiger partial charge in [0.15, 0.2) is 0 Å². The summed E-state index contributed by atoms with van der Waals surface area (Å²) in [6.07, 6.45) is 2.90. The summed E-state index contributed by atoms with van der Waals surface area (Å²) in [7, 11) is 0. The third-order valence-corrected chi connectivity index (χ3v) is 5.78. The number of hydrazine groups is 1. The third kappa shape index (κ3) is 5.99. The summed E-state index contributed by atoms with van der Waals surface area (Å²) in [5.74, 6) is 0.108. The molecule has 154 valence electrons. The molecule has 3 rings (SSSR count). The molecule has 0 fully saturated rings. The number of halogens is 2. The second kappa shape index (κ2) is 9.66. The lowest BCUT2D eigenvalue weighted by atomic mass is 9.86. The molecule has 2 aromatic carbocycles. The molecule has 0 saturated heterocycles. The first-order chi connectivity index (χ1) is 13.8. The summed E-state index contributed by atoms with van der Waals surface area (Å²) in [6, 6.07) is 15.8. The molecule has 6 heteroatoms. The number of amides is 1. The number of hydrogen-bond acceptors (Lipinski definition) is 3. The Morgan fingerprint density at radius 1 is 1.10 bits per heavy atom. The number of hydrogen-bond donors (Lipinski definition) is 2. The summed E-state index contributed by atoms with van der Waals surface area (Å²) in [5.41, 5.74) is 6.61. The van der Waals surface area contributed by atoms with Gasteiger partial charge in [-0.05, 0) is 68.7 Å². The lowest BCUT2D eigenvalue weighted by Gasteiger charge is -2.28. The van der Waals surface area contributed by atoms with Gasteiger partial charge in [-0.15, -0.1) is 0 Å². The normalized spacial score (nSPS) is 18.7. The van der Waals surface area contributed by atoms with Gasteiger partial charge in [0.1, 0.15) is 0 Å². The van der Waals surface area contributed by atoms with Crippen molar-refractivity contribution >= 4 is 29.1 Å². The van der Waals surface area contributed by atoms with E-state index in [0.717, 1.165) is 17.7 Å². The largest absolute Gasteiger partial charge is 0.352 e. The first-order valence-corrected chi connectivity index (χ1v) is 10.6. The van der Waals surface area contributed by atoms with Crippen LogP contribution in [0.1, 0.15) is 37.8 Å². The Balaban J connectivity index is 1.71. The monoisotopic (exact) mass is 431 g/mol. The van der Waals surface area contributed by atoms with E-state index in [-0.39, 0.29) is 23.9 Å². The lowest BCUT2D eigenvalue weighted by Crippen LogP contribution is -2.47. The van der Waals surface area contributed by atoms with Gasteiger partial charge >= 0.3 is 0 Å². The summed E-state index contributed by atoms with van der Waals surface area (Å²) in [6.45, 7) is 6.42. The average Bonchev–Trinajstić information content (AvgIpc) is 2.98. The van der Waals surface area contributed by atoms with E-state index in [4.69, 9.17) is 23.2 Å². The van der Waals surface area contributed by atoms with Crippen molar-refractivity contribution in [2.75, 3.05) is 6.54 Å². The average molecular weight is 432 g/mol. The van der Waals surface area contributed by atoms with Crippen molar-refractivity contribution in [3.05, 3.63) is 81.5 Å². The molecule has 1 aliphatic heterocycles. The van der Waals surface area contributed by atoms with E-state index in [1.165, 1.54) is 5.56 Å². The van der Waals surface area contributed by atoms with Crippen LogP contribution in [0.5, 0.6) is 0 Å². The standard InChI is InChI=1S/C23H27Cl2N3O/c1-15-12-16(2)28(27-15)14-23(29)26-17(3)22(19-6-10-21(25)11-7-19)13-18-4-8-20(24)9-5-18/h4-12,16-17,22,27H,13-14H2,1-3H3,(H,26,29)/t16?,17-,22+/m1/s1. The van der Waals surface area contributed by atoms with Gasteiger partial charge in [-0.25, -0.2) is 5.01 Å². The fraction of sp³-hybridized carbons (Fsp3) is 0.348. The highest BCUT2D eigenvalue weighted by Crippen LogP contribution is 2.27. The van der Waals surface area contributed by atoms with Gasteiger partial charge in [-0.3, -0.25) is 4.79 Å². The minimum atomic E-state index is -0.0497. The minimum absolute atomic E-state index is 0.00461. The van der Waals surface area contributed by atoms with Gasteiger partial charge in [0.05, 0.1) is 6.54 Å². The summed E-state index contributed by atoms with van der Waals surface area (Å²) in [5, 5.41) is 6.54. The molecule has 0 bridgehead atoms. The zero-order chi connectivity index (χ0) is 21.0. The van der Waals surface area contributed by atoms with Gasteiger partial charge in [-0.2, -0.15) is 0 Å². The molecule has 0 aromatic heterocycles. The molecule has 1 unspecified atom stereocenters. The Kier molecular flexibility index (Phi) is 7.23. The number of carbonyl (C=O) groups excluding carboxylic acids is 1. The molecular weight excluding hydrogens is 405 g/mol. The van der Waals surface area contributed by atoms with E-state index in [1.54, 1.807) is 0 Å². The Labute approximate surface area is 182 Å². The van der Waals surface area contributed by atoms with Gasteiger partial charge in [0.25, 0.3) is 0 Å². The highest BCUT2D eigenvalue weighted by atomic mass is 35.5. The predicted octanol–water partition coefficient (Wildman–Crippen LogP) is 4.94. The molecule has 0 spiro atoms. The first-order valence-electron chi connectivity index (χ1n) is 9.83. The Morgan fingerprint density at radius 2 is 1.69 bits per heavy atom. The smallest absolute Gasteiger partial charge is 0.236 e. The zero-order valence-electron chi connectivity index (χ0n) is 17.0. The van der Waals surface area contributed by atoms with Gasteiger partial charge in [0, 0.05) is 33.7 Å². The summed E-state index contributed by atoms with van der Waals surface area (Å²) >= 11 is 12.1. The van der Waals surface area contributed by atoms with Crippen molar-refractivity contribution in [1.29, 1.82) is 0 Å². The van der Waals surface area contributed by atoms with Crippen molar-refractivity contribution in [2.45, 2.75) is 45.2 Å². The highest BCUT2D eigenvalue weighted by Gasteiger charge is 2.25. The number of rotatable bonds is 7. The van der Waals surface area contributed by atoms with Crippen LogP contribution in [0.15, 0.2) is 60.3 Å². The minimum Gasteiger partial charge on any atom is -0.352 e. The summed E-state index contributed by atoms with van der Waals surface area (Å²) in [4.78, 5) is 12.7. The molecule has 3 atom stereocenters. The van der Waals surface area contributed by atoms with Gasteiger partial charge in [-0.1, -0.05) is 47.5 Å². The van der Waals surface area contributed by atoms with E-state index in [1.807, 2.05) is 60.5 Å². The van der Waals surface area contributed by atoms with Crippen LogP contribution in [0.25, 0.3) is 0 Å². The SMILES string of the molecule is CC1=CC(C)N(CC(=O)N[C@H](C)[C@H](Cc2ccc(Cl)cc2)c2ccc(Cl)cc2)N1. The molecule has 1 heterocycles. The molecule has 1 amide bonds. The zero-order valence-corrected chi connectivity index (χ0v) is 18.5. The van der Waals surface area contributed by atoms with Crippen LogP contribution < -0.4 is 10.7 Å². The summed E-state index contributed by atoms with van der Waals surface area (Å²) < 4.78 is 0. The van der Waals surface area contributed by atoms with Gasteiger partial charge < -0.3 is 10.7 Å². The molecule has 0 aliphatic carbocycles. The molecule has 4 nitrogen and oxygen atoms in total. The maximum Gasteiger partial charge on any atom is 0.236 e. The molecule has 2 aromatic rings. The second-order valence-electron chi connectivity index (χ2n) is 7.67. The molecule has 0 saturated carbocycles. The van der Waals surface area contributed by atoms with Crippen molar-refractivity contribution in [3.63, 3.8) is 0 Å². The number of nitrogens with zero attached hydrogens (tertiary/aromatic N) is 1. The fourth-order valence-electron chi connectivity index (χ4n) is 3.72. The maximum atomic E-state index is 12.7. The van der Waals surface area contributed by atoms with E-state index in [0.29, 0.717) is 16.6 Å². The van der Waals surface area contributed by atoms with E-state index < -0.39 is 0 Å². The first kappa shape index (κ1) is 21.7. The fourth-order valence-corrected chi connectivity index (χ4v) is 3.98. The third-order valence-electron chi connectivity index (χ3n) is 5.28. The number of nitrogens with one attached hydrogen (secondary N) is 2. The second-order valence-corrected chi connectivity index (χ2v) is 8.55. The van der Waals surface area contributed by atoms with Crippen molar-refractivity contribution in [3.8, 4) is 0 Å². The number of carbonyl (C=O) groups is 1. The number of allylic oxidation sites excluding steroid dienone is 1. The maximum absolute atomic E-state index is 12.7. The van der Waals surface area contributed by atoms with Crippen molar-refractivity contribution < 1.29 is 4.79 Å². The van der Waals surface area contributed by atoms with Crippen molar-refractivity contribution in [2.24, 2.45) is 0 Å². The van der Waals surface area contributed by atoms with Crippen LogP contribution in [-0.4, -0.2) is 29.5 Å². The molecule has 1 aliphatic rings. The van der Waals surface area contributed by atoms with Crippen molar-refractivity contribution in [1.82, 2.24) is 15.8 Å². The Hall–Kier alpha value is -2.01. The molecule has 29 heavy (non-hydrogen) atoms. The van der Waals surface area contributed by atoms with E-state index in [2.05, 4.69) is 30.7 Å². The van der Waals surface area contributed by atoms with E-state index >= 15 is 0 Å². The molecular formula is C23H27Cl2N3O. The van der Waals surface area contributed by atoms with Crippen LogP contribution in [0, 0.1) is 0 Å². The van der Waals surface area contributed by atoms with E-state index in [9.17, 15) is 4.79 Å². The Bertz CT molecular complexity index is 865. The predicted molar refractivity (Wildman–Crippen MR) is 120 cm³/mol. The van der Waals surface area contributed by atoms with Crippen LogP contribution in [0.4, 0.5) is 0 Å². The Morgan fingerprint density at radius 3 is 2.24 bits per heavy atom. The topological polar surface area (TPSA) is 44.4 Å². The number of benzene rings is 2. The van der Waals surface area contributed by atoms with Crippen LogP contribution in [0.2, 0.25) is 10.0 Å². The van der Waals surface area contributed by atoms with Crippen LogP contribution in [-0.2, 0) is 11.2 Å². The van der Waals surface area contributed by atoms with Gasteiger partial charge in [0.2, 0.25) is 5.91 Å². The quantitative estimate of drug-likeness (QED) is 0.652. The highest BCUT2D eigenvalue weighted by molar-refractivity contribution is 6.30. The molecule has 2 N–H and O–H groups in total.